The minimum atomic E-state index is 0.733. The van der Waals surface area contributed by atoms with Gasteiger partial charge in [-0.3, -0.25) is 0 Å². The van der Waals surface area contributed by atoms with Crippen molar-refractivity contribution < 1.29 is 0 Å². The van der Waals surface area contributed by atoms with Crippen LogP contribution in [-0.2, 0) is 0 Å². The van der Waals surface area contributed by atoms with Crippen molar-refractivity contribution in [2.45, 2.75) is 57.8 Å². The normalized spacial score (nSPS) is 38.5. The van der Waals surface area contributed by atoms with E-state index in [9.17, 15) is 0 Å². The highest BCUT2D eigenvalue weighted by atomic mass is 15.2. The summed E-state index contributed by atoms with van der Waals surface area (Å²) >= 11 is 0. The molecular weight excluding hydrogens is 244 g/mol. The molecule has 0 aromatic rings. The van der Waals surface area contributed by atoms with Crippen LogP contribution in [0.2, 0.25) is 0 Å². The van der Waals surface area contributed by atoms with Gasteiger partial charge in [-0.05, 0) is 83.1 Å². The first kappa shape index (κ1) is 14.8. The zero-order valence-corrected chi connectivity index (χ0v) is 13.7. The highest BCUT2D eigenvalue weighted by Gasteiger charge is 2.44. The van der Waals surface area contributed by atoms with Gasteiger partial charge in [-0.15, -0.1) is 0 Å². The van der Waals surface area contributed by atoms with Crippen molar-refractivity contribution in [1.82, 2.24) is 9.80 Å². The van der Waals surface area contributed by atoms with Crippen LogP contribution in [0.1, 0.15) is 57.8 Å². The second-order valence-corrected chi connectivity index (χ2v) is 8.23. The Kier molecular flexibility index (Phi) is 4.72. The molecule has 1 saturated heterocycles. The van der Waals surface area contributed by atoms with Crippen LogP contribution in [0.15, 0.2) is 0 Å². The molecule has 1 spiro atoms. The largest absolute Gasteiger partial charge is 0.309 e. The summed E-state index contributed by atoms with van der Waals surface area (Å²) in [5.74, 6) is 2.20. The Hall–Kier alpha value is -0.0800. The van der Waals surface area contributed by atoms with Crippen LogP contribution in [-0.4, -0.2) is 50.1 Å². The molecule has 0 amide bonds. The molecule has 0 radical (unpaired) electrons. The second kappa shape index (κ2) is 6.36. The maximum absolute atomic E-state index is 2.77. The number of likely N-dealkylation sites (tertiary alicyclic amines) is 1. The summed E-state index contributed by atoms with van der Waals surface area (Å²) in [6.07, 6.45) is 13.6. The predicted octanol–water partition coefficient (Wildman–Crippen LogP) is 3.62. The highest BCUT2D eigenvalue weighted by molar-refractivity contribution is 4.97. The fourth-order valence-electron chi connectivity index (χ4n) is 5.28. The number of nitrogens with zero attached hydrogens (tertiary/aromatic N) is 2. The average molecular weight is 278 g/mol. The third-order valence-corrected chi connectivity index (χ3v) is 6.40. The smallest absolute Gasteiger partial charge is 0.00386 e. The Labute approximate surface area is 125 Å². The Morgan fingerprint density at radius 2 is 1.85 bits per heavy atom. The van der Waals surface area contributed by atoms with E-state index in [1.165, 1.54) is 51.9 Å². The van der Waals surface area contributed by atoms with Gasteiger partial charge in [0.05, 0.1) is 0 Å². The number of rotatable bonds is 4. The summed E-state index contributed by atoms with van der Waals surface area (Å²) in [6, 6.07) is 0. The van der Waals surface area contributed by atoms with Crippen LogP contribution in [0, 0.1) is 17.3 Å². The van der Waals surface area contributed by atoms with E-state index < -0.39 is 0 Å². The molecule has 1 heterocycles. The Bertz CT molecular complexity index is 315. The molecule has 0 N–H and O–H groups in total. The highest BCUT2D eigenvalue weighted by Crippen LogP contribution is 2.51. The van der Waals surface area contributed by atoms with Gasteiger partial charge in [0.1, 0.15) is 0 Å². The number of hydrogen-bond acceptors (Lipinski definition) is 2. The van der Waals surface area contributed by atoms with Crippen LogP contribution < -0.4 is 0 Å². The molecule has 2 saturated carbocycles. The molecule has 1 aliphatic heterocycles. The van der Waals surface area contributed by atoms with Gasteiger partial charge >= 0.3 is 0 Å². The molecule has 2 aliphatic carbocycles. The molecule has 0 bridgehead atoms. The van der Waals surface area contributed by atoms with Crippen LogP contribution in [0.25, 0.3) is 0 Å². The van der Waals surface area contributed by atoms with Crippen molar-refractivity contribution in [2.24, 2.45) is 17.3 Å². The van der Waals surface area contributed by atoms with Gasteiger partial charge in [0, 0.05) is 6.54 Å². The Balaban J connectivity index is 1.48. The molecule has 3 fully saturated rings. The number of hydrogen-bond donors (Lipinski definition) is 0. The molecule has 0 unspecified atom stereocenters. The Morgan fingerprint density at radius 3 is 2.65 bits per heavy atom. The quantitative estimate of drug-likeness (QED) is 0.775. The molecule has 2 heteroatoms. The van der Waals surface area contributed by atoms with Gasteiger partial charge in [0.25, 0.3) is 0 Å². The second-order valence-electron chi connectivity index (χ2n) is 8.23. The standard InChI is InChI=1S/C18H34N2/c1-19(2)11-5-12-20-13-10-18(15-20)9-8-16-6-3-4-7-17(16)14-18/h16-17H,3-15H2,1-2H3/t16-,17-,18-/m0/s1. The third-order valence-electron chi connectivity index (χ3n) is 6.40. The first-order valence-corrected chi connectivity index (χ1v) is 9.04. The summed E-state index contributed by atoms with van der Waals surface area (Å²) in [7, 11) is 4.38. The van der Waals surface area contributed by atoms with E-state index in [0.717, 1.165) is 17.3 Å². The average Bonchev–Trinajstić information content (AvgIpc) is 2.81. The van der Waals surface area contributed by atoms with Crippen LogP contribution >= 0.6 is 0 Å². The lowest BCUT2D eigenvalue weighted by molar-refractivity contribution is 0.0634. The molecule has 0 aromatic heterocycles. The van der Waals surface area contributed by atoms with Gasteiger partial charge < -0.3 is 9.80 Å². The molecule has 3 aliphatic rings. The fraction of sp³-hybridized carbons (Fsp3) is 1.00. The minimum absolute atomic E-state index is 0.733. The molecule has 3 rings (SSSR count). The number of fused-ring (bicyclic) bond motifs is 1. The molecule has 0 aromatic carbocycles. The lowest BCUT2D eigenvalue weighted by atomic mass is 9.61. The van der Waals surface area contributed by atoms with E-state index in [2.05, 4.69) is 23.9 Å². The summed E-state index contributed by atoms with van der Waals surface area (Å²) in [5, 5.41) is 0. The van der Waals surface area contributed by atoms with E-state index in [1.54, 1.807) is 32.1 Å². The third kappa shape index (κ3) is 3.39. The van der Waals surface area contributed by atoms with Crippen LogP contribution in [0.5, 0.6) is 0 Å². The lowest BCUT2D eigenvalue weighted by Gasteiger charge is -2.45. The van der Waals surface area contributed by atoms with Gasteiger partial charge in [0.2, 0.25) is 0 Å². The van der Waals surface area contributed by atoms with Gasteiger partial charge in [-0.25, -0.2) is 0 Å². The maximum Gasteiger partial charge on any atom is 0.00386 e. The zero-order valence-electron chi connectivity index (χ0n) is 13.7. The summed E-state index contributed by atoms with van der Waals surface area (Å²) in [5.41, 5.74) is 0.733. The molecule has 2 nitrogen and oxygen atoms in total. The fourth-order valence-corrected chi connectivity index (χ4v) is 5.28. The lowest BCUT2D eigenvalue weighted by Crippen LogP contribution is -2.37. The molecule has 3 atom stereocenters. The SMILES string of the molecule is CN(C)CCCN1CC[C@]2(CC[C@@H]3CCCC[C@H]3C2)C1. The molecular formula is C18H34N2. The topological polar surface area (TPSA) is 6.48 Å². The first-order valence-electron chi connectivity index (χ1n) is 9.04. The van der Waals surface area contributed by atoms with E-state index in [1.807, 2.05) is 0 Å². The van der Waals surface area contributed by atoms with Crippen molar-refractivity contribution in [2.75, 3.05) is 40.3 Å². The van der Waals surface area contributed by atoms with Crippen molar-refractivity contribution >= 4 is 0 Å². The van der Waals surface area contributed by atoms with E-state index in [0.29, 0.717) is 0 Å². The van der Waals surface area contributed by atoms with E-state index in [-0.39, 0.29) is 0 Å². The van der Waals surface area contributed by atoms with Crippen molar-refractivity contribution in [3.63, 3.8) is 0 Å². The van der Waals surface area contributed by atoms with Gasteiger partial charge in [0.15, 0.2) is 0 Å². The van der Waals surface area contributed by atoms with Crippen LogP contribution in [0.3, 0.4) is 0 Å². The van der Waals surface area contributed by atoms with Gasteiger partial charge in [-0.1, -0.05) is 25.7 Å². The Morgan fingerprint density at radius 1 is 1.05 bits per heavy atom. The predicted molar refractivity (Wildman–Crippen MR) is 86.0 cm³/mol. The summed E-state index contributed by atoms with van der Waals surface area (Å²) < 4.78 is 0. The maximum atomic E-state index is 2.77. The monoisotopic (exact) mass is 278 g/mol. The van der Waals surface area contributed by atoms with E-state index in [4.69, 9.17) is 0 Å². The van der Waals surface area contributed by atoms with Gasteiger partial charge in [-0.2, -0.15) is 0 Å². The van der Waals surface area contributed by atoms with E-state index >= 15 is 0 Å². The van der Waals surface area contributed by atoms with Crippen molar-refractivity contribution in [1.29, 1.82) is 0 Å². The minimum Gasteiger partial charge on any atom is -0.309 e. The zero-order chi connectivity index (χ0) is 14.0. The van der Waals surface area contributed by atoms with Crippen molar-refractivity contribution in [3.05, 3.63) is 0 Å². The van der Waals surface area contributed by atoms with Crippen LogP contribution in [0.4, 0.5) is 0 Å². The first-order chi connectivity index (χ1) is 9.67. The molecule has 116 valence electrons. The van der Waals surface area contributed by atoms with Crippen molar-refractivity contribution in [3.8, 4) is 0 Å². The molecule has 20 heavy (non-hydrogen) atoms. The summed E-state index contributed by atoms with van der Waals surface area (Å²) in [4.78, 5) is 5.09. The summed E-state index contributed by atoms with van der Waals surface area (Å²) in [6.45, 7) is 5.37.